The largest absolute Gasteiger partial charge is 0.462 e. The number of carbonyl (C=O) groups is 1. The van der Waals surface area contributed by atoms with Crippen LogP contribution in [0, 0.1) is 5.92 Å². The van der Waals surface area contributed by atoms with Gasteiger partial charge in [-0.3, -0.25) is 0 Å². The molecule has 2 atom stereocenters. The summed E-state index contributed by atoms with van der Waals surface area (Å²) in [6, 6.07) is 8.96. The Morgan fingerprint density at radius 3 is 2.65 bits per heavy atom. The molecular formula is C14H18O3. The summed E-state index contributed by atoms with van der Waals surface area (Å²) in [5.41, 5.74) is 0.567. The maximum absolute atomic E-state index is 11.7. The van der Waals surface area contributed by atoms with E-state index in [0.29, 0.717) is 12.2 Å². The quantitative estimate of drug-likeness (QED) is 0.817. The van der Waals surface area contributed by atoms with Gasteiger partial charge >= 0.3 is 5.97 Å². The molecule has 0 saturated heterocycles. The smallest absolute Gasteiger partial charge is 0.338 e. The predicted molar refractivity (Wildman–Crippen MR) is 64.7 cm³/mol. The van der Waals surface area contributed by atoms with E-state index in [0.717, 1.165) is 25.7 Å². The van der Waals surface area contributed by atoms with Crippen molar-refractivity contribution in [1.29, 1.82) is 0 Å². The molecule has 1 aromatic rings. The van der Waals surface area contributed by atoms with E-state index < -0.39 is 0 Å². The normalized spacial score (nSPS) is 24.3. The van der Waals surface area contributed by atoms with Crippen LogP contribution in [0.15, 0.2) is 30.3 Å². The number of benzene rings is 1. The van der Waals surface area contributed by atoms with Crippen molar-refractivity contribution in [3.05, 3.63) is 35.9 Å². The SMILES string of the molecule is O=C(OC[C@H]1CCCC[C@@H]1O)c1ccccc1. The summed E-state index contributed by atoms with van der Waals surface area (Å²) in [5.74, 6) is -0.195. The minimum Gasteiger partial charge on any atom is -0.462 e. The molecule has 0 heterocycles. The molecule has 92 valence electrons. The molecule has 0 bridgehead atoms. The van der Waals surface area contributed by atoms with Crippen LogP contribution in [0.25, 0.3) is 0 Å². The van der Waals surface area contributed by atoms with Crippen molar-refractivity contribution in [3.8, 4) is 0 Å². The van der Waals surface area contributed by atoms with Crippen LogP contribution >= 0.6 is 0 Å². The Hall–Kier alpha value is -1.35. The van der Waals surface area contributed by atoms with Crippen LogP contribution in [0.4, 0.5) is 0 Å². The van der Waals surface area contributed by atoms with Gasteiger partial charge in [0.25, 0.3) is 0 Å². The molecule has 0 aromatic heterocycles. The van der Waals surface area contributed by atoms with Crippen molar-refractivity contribution >= 4 is 5.97 Å². The van der Waals surface area contributed by atoms with Crippen molar-refractivity contribution in [3.63, 3.8) is 0 Å². The van der Waals surface area contributed by atoms with Gasteiger partial charge in [-0.05, 0) is 25.0 Å². The van der Waals surface area contributed by atoms with Gasteiger partial charge < -0.3 is 9.84 Å². The van der Waals surface area contributed by atoms with Gasteiger partial charge in [0.2, 0.25) is 0 Å². The number of hydrogen-bond donors (Lipinski definition) is 1. The van der Waals surface area contributed by atoms with Gasteiger partial charge in [-0.15, -0.1) is 0 Å². The van der Waals surface area contributed by atoms with Crippen molar-refractivity contribution in [2.75, 3.05) is 6.61 Å². The van der Waals surface area contributed by atoms with Crippen LogP contribution in [0.1, 0.15) is 36.0 Å². The Bertz CT molecular complexity index is 361. The second kappa shape index (κ2) is 5.82. The first kappa shape index (κ1) is 12.1. The van der Waals surface area contributed by atoms with Crippen molar-refractivity contribution in [2.24, 2.45) is 5.92 Å². The fourth-order valence-electron chi connectivity index (χ4n) is 2.22. The fourth-order valence-corrected chi connectivity index (χ4v) is 2.22. The predicted octanol–water partition coefficient (Wildman–Crippen LogP) is 2.39. The number of rotatable bonds is 3. The average Bonchev–Trinajstić information content (AvgIpc) is 2.38. The highest BCUT2D eigenvalue weighted by molar-refractivity contribution is 5.89. The Labute approximate surface area is 101 Å². The number of aliphatic hydroxyl groups excluding tert-OH is 1. The molecule has 3 nitrogen and oxygen atoms in total. The monoisotopic (exact) mass is 234 g/mol. The third-order valence-corrected chi connectivity index (χ3v) is 3.31. The summed E-state index contributed by atoms with van der Waals surface area (Å²) in [4.78, 5) is 11.7. The van der Waals surface area contributed by atoms with Gasteiger partial charge in [0.15, 0.2) is 0 Å². The lowest BCUT2D eigenvalue weighted by Gasteiger charge is -2.26. The van der Waals surface area contributed by atoms with Crippen LogP contribution in [-0.2, 0) is 4.74 Å². The summed E-state index contributed by atoms with van der Waals surface area (Å²) in [7, 11) is 0. The lowest BCUT2D eigenvalue weighted by Crippen LogP contribution is -2.29. The van der Waals surface area contributed by atoms with Gasteiger partial charge in [0.05, 0.1) is 18.3 Å². The molecule has 3 heteroatoms. The lowest BCUT2D eigenvalue weighted by atomic mass is 9.87. The fraction of sp³-hybridized carbons (Fsp3) is 0.500. The first-order valence-corrected chi connectivity index (χ1v) is 6.17. The highest BCUT2D eigenvalue weighted by Crippen LogP contribution is 2.24. The Morgan fingerprint density at radius 2 is 1.94 bits per heavy atom. The van der Waals surface area contributed by atoms with Gasteiger partial charge in [-0.2, -0.15) is 0 Å². The molecular weight excluding hydrogens is 216 g/mol. The molecule has 1 saturated carbocycles. The molecule has 1 fully saturated rings. The molecule has 1 aromatic carbocycles. The molecule has 0 aliphatic heterocycles. The standard InChI is InChI=1S/C14H18O3/c15-13-9-5-4-8-12(13)10-17-14(16)11-6-2-1-3-7-11/h1-3,6-7,12-13,15H,4-5,8-10H2/t12-,13+/m1/s1. The zero-order valence-electron chi connectivity index (χ0n) is 9.84. The molecule has 17 heavy (non-hydrogen) atoms. The summed E-state index contributed by atoms with van der Waals surface area (Å²) in [5, 5.41) is 9.76. The van der Waals surface area contributed by atoms with Gasteiger partial charge in [0, 0.05) is 5.92 Å². The summed E-state index contributed by atoms with van der Waals surface area (Å²) < 4.78 is 5.24. The van der Waals surface area contributed by atoms with Crippen molar-refractivity contribution in [1.82, 2.24) is 0 Å². The van der Waals surface area contributed by atoms with Crippen LogP contribution in [0.2, 0.25) is 0 Å². The topological polar surface area (TPSA) is 46.5 Å². The van der Waals surface area contributed by atoms with E-state index in [9.17, 15) is 9.90 Å². The van der Waals surface area contributed by atoms with E-state index in [1.165, 1.54) is 0 Å². The van der Waals surface area contributed by atoms with E-state index in [2.05, 4.69) is 0 Å². The Balaban J connectivity index is 1.84. The van der Waals surface area contributed by atoms with E-state index in [1.807, 2.05) is 18.2 Å². The second-order valence-electron chi connectivity index (χ2n) is 4.58. The summed E-state index contributed by atoms with van der Waals surface area (Å²) >= 11 is 0. The first-order valence-electron chi connectivity index (χ1n) is 6.17. The molecule has 1 N–H and O–H groups in total. The van der Waals surface area contributed by atoms with Gasteiger partial charge in [-0.25, -0.2) is 4.79 Å². The Morgan fingerprint density at radius 1 is 1.24 bits per heavy atom. The zero-order valence-corrected chi connectivity index (χ0v) is 9.84. The van der Waals surface area contributed by atoms with Gasteiger partial charge in [0.1, 0.15) is 0 Å². The third-order valence-electron chi connectivity index (χ3n) is 3.31. The third kappa shape index (κ3) is 3.30. The summed E-state index contributed by atoms with van der Waals surface area (Å²) in [6.45, 7) is 0.328. The van der Waals surface area contributed by atoms with Crippen LogP contribution in [0.5, 0.6) is 0 Å². The zero-order chi connectivity index (χ0) is 12.1. The highest BCUT2D eigenvalue weighted by Gasteiger charge is 2.24. The number of ether oxygens (including phenoxy) is 1. The van der Waals surface area contributed by atoms with Crippen molar-refractivity contribution < 1.29 is 14.6 Å². The second-order valence-corrected chi connectivity index (χ2v) is 4.58. The van der Waals surface area contributed by atoms with Crippen LogP contribution < -0.4 is 0 Å². The van der Waals surface area contributed by atoms with Crippen LogP contribution in [0.3, 0.4) is 0 Å². The number of carbonyl (C=O) groups excluding carboxylic acids is 1. The maximum Gasteiger partial charge on any atom is 0.338 e. The Kier molecular flexibility index (Phi) is 4.15. The highest BCUT2D eigenvalue weighted by atomic mass is 16.5. The van der Waals surface area contributed by atoms with Crippen molar-refractivity contribution in [2.45, 2.75) is 31.8 Å². The molecule has 2 rings (SSSR count). The lowest BCUT2D eigenvalue weighted by molar-refractivity contribution is 0.00866. The van der Waals surface area contributed by atoms with Gasteiger partial charge in [-0.1, -0.05) is 31.0 Å². The molecule has 1 aliphatic carbocycles. The molecule has 0 radical (unpaired) electrons. The van der Waals surface area contributed by atoms with E-state index in [1.54, 1.807) is 12.1 Å². The van der Waals surface area contributed by atoms with E-state index >= 15 is 0 Å². The van der Waals surface area contributed by atoms with Crippen LogP contribution in [-0.4, -0.2) is 23.8 Å². The number of esters is 1. The molecule has 0 amide bonds. The summed E-state index contributed by atoms with van der Waals surface area (Å²) in [6.07, 6.45) is 3.65. The average molecular weight is 234 g/mol. The minimum atomic E-state index is -0.313. The minimum absolute atomic E-state index is 0.108. The first-order chi connectivity index (χ1) is 8.27. The molecule has 1 aliphatic rings. The maximum atomic E-state index is 11.7. The van der Waals surface area contributed by atoms with E-state index in [4.69, 9.17) is 4.74 Å². The molecule has 0 unspecified atom stereocenters. The number of aliphatic hydroxyl groups is 1. The number of hydrogen-bond acceptors (Lipinski definition) is 3. The molecule has 0 spiro atoms. The van der Waals surface area contributed by atoms with E-state index in [-0.39, 0.29) is 18.0 Å².